The average Bonchev–Trinajstić information content (AvgIpc) is 2.90. The fourth-order valence-corrected chi connectivity index (χ4v) is 2.18. The number of nitrogens with one attached hydrogen (secondary N) is 1. The Bertz CT molecular complexity index is 661. The molecule has 2 aromatic rings. The maximum Gasteiger partial charge on any atom is 0.265 e. The van der Waals surface area contributed by atoms with Crippen LogP contribution < -0.4 is 10.1 Å². The minimum absolute atomic E-state index is 0.110. The van der Waals surface area contributed by atoms with Gasteiger partial charge >= 0.3 is 0 Å². The van der Waals surface area contributed by atoms with Crippen molar-refractivity contribution in [2.24, 2.45) is 0 Å². The molecule has 6 heteroatoms. The Labute approximate surface area is 113 Å². The fraction of sp³-hybridized carbons (Fsp3) is 0.0769. The third-order valence-corrected chi connectivity index (χ3v) is 3.29. The van der Waals surface area contributed by atoms with Gasteiger partial charge in [0.05, 0.1) is 17.6 Å². The number of thiophene rings is 1. The molecule has 0 saturated heterocycles. The second kappa shape index (κ2) is 5.50. The summed E-state index contributed by atoms with van der Waals surface area (Å²) in [5.74, 6) is -0.339. The fourth-order valence-electron chi connectivity index (χ4n) is 1.43. The van der Waals surface area contributed by atoms with Gasteiger partial charge in [-0.2, -0.15) is 5.26 Å². The molecule has 0 saturated carbocycles. The highest BCUT2D eigenvalue weighted by atomic mass is 32.1. The molecule has 0 fully saturated rings. The quantitative estimate of drug-likeness (QED) is 0.937. The van der Waals surface area contributed by atoms with Gasteiger partial charge in [0.15, 0.2) is 0 Å². The lowest BCUT2D eigenvalue weighted by Crippen LogP contribution is -2.10. The highest BCUT2D eigenvalue weighted by Crippen LogP contribution is 2.22. The van der Waals surface area contributed by atoms with Crippen molar-refractivity contribution in [1.82, 2.24) is 0 Å². The predicted molar refractivity (Wildman–Crippen MR) is 69.9 cm³/mol. The third-order valence-electron chi connectivity index (χ3n) is 2.38. The topological polar surface area (TPSA) is 62.1 Å². The lowest BCUT2D eigenvalue weighted by atomic mass is 10.2. The number of halogens is 1. The van der Waals surface area contributed by atoms with E-state index < -0.39 is 5.82 Å². The summed E-state index contributed by atoms with van der Waals surface area (Å²) in [7, 11) is 1.52. The maximum atomic E-state index is 13.1. The highest BCUT2D eigenvalue weighted by Gasteiger charge is 2.11. The van der Waals surface area contributed by atoms with E-state index in [9.17, 15) is 9.18 Å². The summed E-state index contributed by atoms with van der Waals surface area (Å²) < 4.78 is 18.1. The lowest BCUT2D eigenvalue weighted by molar-refractivity contribution is 0.103. The van der Waals surface area contributed by atoms with E-state index in [1.54, 1.807) is 17.5 Å². The van der Waals surface area contributed by atoms with E-state index in [2.05, 4.69) is 5.32 Å². The lowest BCUT2D eigenvalue weighted by Gasteiger charge is -2.04. The van der Waals surface area contributed by atoms with E-state index in [-0.39, 0.29) is 11.5 Å². The number of carbonyl (C=O) groups is 1. The van der Waals surface area contributed by atoms with Crippen molar-refractivity contribution in [2.45, 2.75) is 0 Å². The van der Waals surface area contributed by atoms with E-state index in [1.165, 1.54) is 30.6 Å². The van der Waals surface area contributed by atoms with Crippen molar-refractivity contribution in [2.75, 3.05) is 12.4 Å². The Morgan fingerprint density at radius 1 is 1.47 bits per heavy atom. The minimum Gasteiger partial charge on any atom is -0.496 e. The molecular formula is C13H9FN2O2S. The molecule has 0 spiro atoms. The summed E-state index contributed by atoms with van der Waals surface area (Å²) in [4.78, 5) is 12.4. The molecular weight excluding hydrogens is 267 g/mol. The Hall–Kier alpha value is -2.39. The van der Waals surface area contributed by atoms with Gasteiger partial charge in [-0.15, -0.1) is 11.3 Å². The van der Waals surface area contributed by atoms with E-state index in [1.807, 2.05) is 0 Å². The first-order valence-corrected chi connectivity index (χ1v) is 6.15. The van der Waals surface area contributed by atoms with E-state index in [0.29, 0.717) is 16.3 Å². The van der Waals surface area contributed by atoms with Crippen LogP contribution in [-0.4, -0.2) is 13.0 Å². The molecule has 1 heterocycles. The molecule has 0 aliphatic carbocycles. The van der Waals surface area contributed by atoms with E-state index in [4.69, 9.17) is 10.00 Å². The molecule has 1 aromatic carbocycles. The second-order valence-corrected chi connectivity index (χ2v) is 4.52. The first-order valence-electron chi connectivity index (χ1n) is 5.27. The molecule has 1 aromatic heterocycles. The van der Waals surface area contributed by atoms with Crippen LogP contribution in [0.15, 0.2) is 29.6 Å². The standard InChI is InChI=1S/C13H9FN2O2S/c1-18-10-5-12(19-7-10)13(17)16-9-2-3-11(14)8(4-9)6-15/h2-5,7H,1H3,(H,16,17). The van der Waals surface area contributed by atoms with Crippen LogP contribution in [0, 0.1) is 17.1 Å². The van der Waals surface area contributed by atoms with Crippen LogP contribution in [-0.2, 0) is 0 Å². The molecule has 0 aliphatic rings. The molecule has 0 radical (unpaired) electrons. The number of ether oxygens (including phenoxy) is 1. The number of benzene rings is 1. The monoisotopic (exact) mass is 276 g/mol. The van der Waals surface area contributed by atoms with Crippen LogP contribution in [0.5, 0.6) is 5.75 Å². The van der Waals surface area contributed by atoms with Crippen molar-refractivity contribution < 1.29 is 13.9 Å². The van der Waals surface area contributed by atoms with Crippen molar-refractivity contribution in [1.29, 1.82) is 5.26 Å². The number of hydrogen-bond acceptors (Lipinski definition) is 4. The number of hydrogen-bond donors (Lipinski definition) is 1. The second-order valence-electron chi connectivity index (χ2n) is 3.61. The van der Waals surface area contributed by atoms with Crippen LogP contribution in [0.25, 0.3) is 0 Å². The smallest absolute Gasteiger partial charge is 0.265 e. The summed E-state index contributed by atoms with van der Waals surface area (Å²) in [5, 5.41) is 13.0. The van der Waals surface area contributed by atoms with Crippen molar-refractivity contribution in [3.8, 4) is 11.8 Å². The van der Waals surface area contributed by atoms with Crippen LogP contribution in [0.2, 0.25) is 0 Å². The Balaban J connectivity index is 2.17. The highest BCUT2D eigenvalue weighted by molar-refractivity contribution is 7.12. The zero-order valence-corrected chi connectivity index (χ0v) is 10.8. The SMILES string of the molecule is COc1csc(C(=O)Nc2ccc(F)c(C#N)c2)c1. The predicted octanol–water partition coefficient (Wildman–Crippen LogP) is 3.02. The zero-order chi connectivity index (χ0) is 13.8. The van der Waals surface area contributed by atoms with Gasteiger partial charge in [-0.05, 0) is 18.2 Å². The first-order chi connectivity index (χ1) is 9.13. The summed E-state index contributed by atoms with van der Waals surface area (Å²) >= 11 is 1.24. The van der Waals surface area contributed by atoms with Gasteiger partial charge in [0, 0.05) is 17.1 Å². The van der Waals surface area contributed by atoms with E-state index >= 15 is 0 Å². The Morgan fingerprint density at radius 2 is 2.26 bits per heavy atom. The van der Waals surface area contributed by atoms with Crippen LogP contribution in [0.1, 0.15) is 15.2 Å². The molecule has 0 unspecified atom stereocenters. The summed E-state index contributed by atoms with van der Waals surface area (Å²) in [6, 6.07) is 7.16. The van der Waals surface area contributed by atoms with Crippen molar-refractivity contribution in [3.63, 3.8) is 0 Å². The Kier molecular flexibility index (Phi) is 3.78. The molecule has 19 heavy (non-hydrogen) atoms. The van der Waals surface area contributed by atoms with Gasteiger partial charge < -0.3 is 10.1 Å². The van der Waals surface area contributed by atoms with E-state index in [0.717, 1.165) is 6.07 Å². The van der Waals surface area contributed by atoms with Gasteiger partial charge in [0.1, 0.15) is 17.6 Å². The van der Waals surface area contributed by atoms with Gasteiger partial charge in [0.25, 0.3) is 5.91 Å². The summed E-state index contributed by atoms with van der Waals surface area (Å²) in [6.07, 6.45) is 0. The molecule has 0 bridgehead atoms. The summed E-state index contributed by atoms with van der Waals surface area (Å²) in [5.41, 5.74) is 0.261. The number of amides is 1. The van der Waals surface area contributed by atoms with Crippen LogP contribution in [0.3, 0.4) is 0 Å². The minimum atomic E-state index is -0.613. The number of anilines is 1. The molecule has 1 N–H and O–H groups in total. The molecule has 2 rings (SSSR count). The zero-order valence-electron chi connectivity index (χ0n) is 9.94. The molecule has 96 valence electrons. The van der Waals surface area contributed by atoms with Gasteiger partial charge in [-0.3, -0.25) is 4.79 Å². The first kappa shape index (κ1) is 13.1. The third kappa shape index (κ3) is 2.89. The maximum absolute atomic E-state index is 13.1. The van der Waals surface area contributed by atoms with Crippen LogP contribution >= 0.6 is 11.3 Å². The Morgan fingerprint density at radius 3 is 2.89 bits per heavy atom. The van der Waals surface area contributed by atoms with Crippen molar-refractivity contribution in [3.05, 3.63) is 45.9 Å². The normalized spacial score (nSPS) is 9.74. The number of methoxy groups -OCH3 is 1. The summed E-state index contributed by atoms with van der Waals surface area (Å²) in [6.45, 7) is 0. The van der Waals surface area contributed by atoms with Gasteiger partial charge in [-0.25, -0.2) is 4.39 Å². The van der Waals surface area contributed by atoms with Gasteiger partial charge in [-0.1, -0.05) is 0 Å². The van der Waals surface area contributed by atoms with Crippen LogP contribution in [0.4, 0.5) is 10.1 Å². The number of nitriles is 1. The number of nitrogens with zero attached hydrogens (tertiary/aromatic N) is 1. The number of rotatable bonds is 3. The molecule has 1 amide bonds. The average molecular weight is 276 g/mol. The molecule has 0 aliphatic heterocycles. The number of carbonyl (C=O) groups excluding carboxylic acids is 1. The largest absolute Gasteiger partial charge is 0.496 e. The van der Waals surface area contributed by atoms with Crippen molar-refractivity contribution >= 4 is 22.9 Å². The molecule has 4 nitrogen and oxygen atoms in total. The molecule has 0 atom stereocenters. The van der Waals surface area contributed by atoms with Gasteiger partial charge in [0.2, 0.25) is 0 Å².